The molecular weight excluding hydrogens is 1160 g/mol. The van der Waals surface area contributed by atoms with Crippen molar-refractivity contribution in [2.75, 3.05) is 39.6 Å². The fourth-order valence-corrected chi connectivity index (χ4v) is 11.5. The summed E-state index contributed by atoms with van der Waals surface area (Å²) in [5.74, 6) is -1.44. The van der Waals surface area contributed by atoms with Gasteiger partial charge in [0.1, 0.15) is 19.3 Å². The summed E-state index contributed by atoms with van der Waals surface area (Å²) in [4.78, 5) is 72.4. The third kappa shape index (κ3) is 61.1. The molecule has 3 N–H and O–H groups in total. The SMILES string of the molecule is CCCCCC/C=C\C=C/CCCCCCCC(=O)O[C@H](COC(=O)CCCCCCCCCCCCCCCC)COP(=O)(O)OC[C@@H](O)COP(=O)(O)OC[C@@H](COC(=O)CCCCCCCCCCC)OC(=O)CCCCCCCCC(C)CC. The maximum atomic E-state index is 13.0. The summed E-state index contributed by atoms with van der Waals surface area (Å²) >= 11 is 0. The average Bonchev–Trinajstić information content (AvgIpc) is 3.55. The molecule has 518 valence electrons. The maximum absolute atomic E-state index is 13.0. The zero-order valence-corrected chi connectivity index (χ0v) is 58.1. The number of carbonyl (C=O) groups is 4. The van der Waals surface area contributed by atoms with Crippen molar-refractivity contribution in [3.8, 4) is 0 Å². The van der Waals surface area contributed by atoms with Crippen LogP contribution in [-0.2, 0) is 65.4 Å². The van der Waals surface area contributed by atoms with E-state index in [1.807, 2.05) is 0 Å². The number of hydrogen-bond donors (Lipinski definition) is 3. The lowest BCUT2D eigenvalue weighted by atomic mass is 10.00. The summed E-state index contributed by atoms with van der Waals surface area (Å²) in [5, 5.41) is 10.6. The van der Waals surface area contributed by atoms with Gasteiger partial charge in [-0.05, 0) is 57.3 Å². The van der Waals surface area contributed by atoms with Crippen LogP contribution in [0.1, 0.15) is 330 Å². The van der Waals surface area contributed by atoms with Crippen LogP contribution in [0.4, 0.5) is 0 Å². The third-order valence-electron chi connectivity index (χ3n) is 15.8. The minimum absolute atomic E-state index is 0.0854. The number of rotatable bonds is 67. The predicted molar refractivity (Wildman–Crippen MR) is 354 cm³/mol. The van der Waals surface area contributed by atoms with E-state index in [0.717, 1.165) is 109 Å². The van der Waals surface area contributed by atoms with E-state index in [9.17, 15) is 43.2 Å². The van der Waals surface area contributed by atoms with Crippen molar-refractivity contribution in [3.63, 3.8) is 0 Å². The average molecular weight is 1290 g/mol. The molecule has 0 aliphatic heterocycles. The highest BCUT2D eigenvalue weighted by molar-refractivity contribution is 7.47. The van der Waals surface area contributed by atoms with Crippen molar-refractivity contribution in [2.45, 2.75) is 348 Å². The quantitative estimate of drug-likeness (QED) is 0.0169. The van der Waals surface area contributed by atoms with E-state index in [1.165, 1.54) is 141 Å². The van der Waals surface area contributed by atoms with Crippen LogP contribution in [0.25, 0.3) is 0 Å². The first kappa shape index (κ1) is 85.5. The van der Waals surface area contributed by atoms with Gasteiger partial charge in [-0.2, -0.15) is 0 Å². The zero-order chi connectivity index (χ0) is 64.9. The molecule has 6 atom stereocenters. The Morgan fingerprint density at radius 1 is 0.364 bits per heavy atom. The van der Waals surface area contributed by atoms with Gasteiger partial charge in [-0.3, -0.25) is 37.3 Å². The topological polar surface area (TPSA) is 237 Å². The molecule has 0 amide bonds. The minimum atomic E-state index is -4.96. The van der Waals surface area contributed by atoms with Crippen LogP contribution in [0.5, 0.6) is 0 Å². The molecule has 0 aromatic heterocycles. The third-order valence-corrected chi connectivity index (χ3v) is 17.7. The van der Waals surface area contributed by atoms with Gasteiger partial charge < -0.3 is 33.8 Å². The van der Waals surface area contributed by atoms with Crippen molar-refractivity contribution >= 4 is 39.5 Å². The summed E-state index contributed by atoms with van der Waals surface area (Å²) in [5.41, 5.74) is 0. The smallest absolute Gasteiger partial charge is 0.462 e. The number of phosphoric acid groups is 2. The van der Waals surface area contributed by atoms with Gasteiger partial charge in [-0.15, -0.1) is 0 Å². The van der Waals surface area contributed by atoms with Gasteiger partial charge in [0.25, 0.3) is 0 Å². The van der Waals surface area contributed by atoms with Crippen LogP contribution in [-0.4, -0.2) is 96.7 Å². The molecule has 17 nitrogen and oxygen atoms in total. The van der Waals surface area contributed by atoms with E-state index >= 15 is 0 Å². The van der Waals surface area contributed by atoms with Gasteiger partial charge in [0.15, 0.2) is 12.2 Å². The lowest BCUT2D eigenvalue weighted by molar-refractivity contribution is -0.161. The molecule has 0 rings (SSSR count). The monoisotopic (exact) mass is 1290 g/mol. The number of aliphatic hydroxyl groups is 1. The molecule has 0 aliphatic carbocycles. The largest absolute Gasteiger partial charge is 0.472 e. The lowest BCUT2D eigenvalue weighted by Gasteiger charge is -2.21. The van der Waals surface area contributed by atoms with Crippen LogP contribution < -0.4 is 0 Å². The number of aliphatic hydroxyl groups excluding tert-OH is 1. The zero-order valence-electron chi connectivity index (χ0n) is 56.3. The molecule has 0 saturated heterocycles. The van der Waals surface area contributed by atoms with Gasteiger partial charge in [0, 0.05) is 25.7 Å². The van der Waals surface area contributed by atoms with Crippen molar-refractivity contribution < 1.29 is 80.2 Å². The fourth-order valence-electron chi connectivity index (χ4n) is 9.89. The first-order chi connectivity index (χ1) is 42.6. The second kappa shape index (κ2) is 62.0. The van der Waals surface area contributed by atoms with E-state index in [0.29, 0.717) is 25.7 Å². The summed E-state index contributed by atoms with van der Waals surface area (Å²) in [7, 11) is -9.91. The summed E-state index contributed by atoms with van der Waals surface area (Å²) in [6.07, 6.45) is 50.8. The predicted octanol–water partition coefficient (Wildman–Crippen LogP) is 19.3. The van der Waals surface area contributed by atoms with Crippen LogP contribution in [0, 0.1) is 5.92 Å². The van der Waals surface area contributed by atoms with E-state index in [2.05, 4.69) is 58.9 Å². The molecule has 0 bridgehead atoms. The molecule has 0 aromatic carbocycles. The highest BCUT2D eigenvalue weighted by Crippen LogP contribution is 2.45. The normalized spacial score (nSPS) is 14.6. The van der Waals surface area contributed by atoms with Crippen LogP contribution in [0.15, 0.2) is 24.3 Å². The molecule has 0 aliphatic rings. The van der Waals surface area contributed by atoms with Gasteiger partial charge in [0.2, 0.25) is 0 Å². The van der Waals surface area contributed by atoms with Gasteiger partial charge in [-0.25, -0.2) is 9.13 Å². The van der Waals surface area contributed by atoms with E-state index in [1.54, 1.807) is 0 Å². The number of hydrogen-bond acceptors (Lipinski definition) is 15. The maximum Gasteiger partial charge on any atom is 0.472 e. The summed E-state index contributed by atoms with van der Waals surface area (Å²) in [6.45, 7) is 7.10. The lowest BCUT2D eigenvalue weighted by Crippen LogP contribution is -2.30. The van der Waals surface area contributed by atoms with E-state index in [4.69, 9.17) is 37.0 Å². The second-order valence-electron chi connectivity index (χ2n) is 24.5. The Labute approximate surface area is 535 Å². The molecule has 0 saturated carbocycles. The van der Waals surface area contributed by atoms with Crippen LogP contribution in [0.3, 0.4) is 0 Å². The number of ether oxygens (including phenoxy) is 4. The molecule has 0 spiro atoms. The highest BCUT2D eigenvalue weighted by atomic mass is 31.2. The molecule has 0 radical (unpaired) electrons. The van der Waals surface area contributed by atoms with Gasteiger partial charge >= 0.3 is 39.5 Å². The van der Waals surface area contributed by atoms with Crippen molar-refractivity contribution in [3.05, 3.63) is 24.3 Å². The first-order valence-electron chi connectivity index (χ1n) is 35.5. The standard InChI is InChI=1S/C69H130O17P2/c1-6-10-13-16-19-22-24-26-28-30-32-35-38-44-49-54-68(73)85-64(58-80-67(72)53-48-43-37-34-31-29-27-25-23-20-17-14-11-7-2)60-83-87(75,76)81-56-63(70)57-82-88(77,78)84-61-65(59-79-66(71)52-47-42-36-33-21-18-15-12-8-3)86-69(74)55-50-45-40-39-41-46-51-62(5)9-4/h22,24,26,28,62-65,70H,6-21,23,25,27,29-61H2,1-5H3,(H,75,76)(H,77,78)/b24-22-,28-26-/t62?,63-,64-,65-/m1/s1. The molecule has 88 heavy (non-hydrogen) atoms. The van der Waals surface area contributed by atoms with Crippen molar-refractivity contribution in [1.29, 1.82) is 0 Å². The Morgan fingerprint density at radius 2 is 0.636 bits per heavy atom. The van der Waals surface area contributed by atoms with Crippen molar-refractivity contribution in [2.24, 2.45) is 5.92 Å². The van der Waals surface area contributed by atoms with E-state index in [-0.39, 0.29) is 25.7 Å². The Kier molecular flexibility index (Phi) is 60.3. The fraction of sp³-hybridized carbons (Fsp3) is 0.884. The Balaban J connectivity index is 5.27. The first-order valence-corrected chi connectivity index (χ1v) is 38.5. The minimum Gasteiger partial charge on any atom is -0.462 e. The molecule has 0 aromatic rings. The second-order valence-corrected chi connectivity index (χ2v) is 27.4. The van der Waals surface area contributed by atoms with Gasteiger partial charge in [-0.1, -0.05) is 277 Å². The molecule has 19 heteroatoms. The summed E-state index contributed by atoms with van der Waals surface area (Å²) < 4.78 is 68.1. The molecular formula is C69H130O17P2. The van der Waals surface area contributed by atoms with Crippen molar-refractivity contribution in [1.82, 2.24) is 0 Å². The van der Waals surface area contributed by atoms with Crippen LogP contribution >= 0.6 is 15.6 Å². The Morgan fingerprint density at radius 3 is 0.966 bits per heavy atom. The molecule has 0 heterocycles. The number of carbonyl (C=O) groups excluding carboxylic acids is 4. The molecule has 3 unspecified atom stereocenters. The number of unbranched alkanes of at least 4 members (excludes halogenated alkanes) is 35. The number of allylic oxidation sites excluding steroid dienone is 4. The van der Waals surface area contributed by atoms with Gasteiger partial charge in [0.05, 0.1) is 26.4 Å². The Bertz CT molecular complexity index is 1800. The highest BCUT2D eigenvalue weighted by Gasteiger charge is 2.30. The number of phosphoric ester groups is 2. The summed E-state index contributed by atoms with van der Waals surface area (Å²) in [6, 6.07) is 0. The Hall–Kier alpha value is -2.46. The van der Waals surface area contributed by atoms with Crippen LogP contribution in [0.2, 0.25) is 0 Å². The van der Waals surface area contributed by atoms with E-state index < -0.39 is 97.5 Å². The molecule has 0 fully saturated rings. The number of esters is 4.